The summed E-state index contributed by atoms with van der Waals surface area (Å²) >= 11 is 0. The maximum absolute atomic E-state index is 11.7. The molecule has 3 heteroatoms. The van der Waals surface area contributed by atoms with E-state index in [4.69, 9.17) is 0 Å². The van der Waals surface area contributed by atoms with Crippen molar-refractivity contribution in [2.45, 2.75) is 25.6 Å². The first kappa shape index (κ1) is 17.8. The van der Waals surface area contributed by atoms with E-state index in [2.05, 4.69) is 49.5 Å². The fourth-order valence-corrected chi connectivity index (χ4v) is 5.75. The molecule has 2 aromatic carbocycles. The van der Waals surface area contributed by atoms with Crippen LogP contribution in [0.2, 0.25) is 13.1 Å². The van der Waals surface area contributed by atoms with E-state index >= 15 is 0 Å². The Bertz CT molecular complexity index is 575. The summed E-state index contributed by atoms with van der Waals surface area (Å²) in [5.74, 6) is 0.148. The normalized spacial score (nSPS) is 13.4. The summed E-state index contributed by atoms with van der Waals surface area (Å²) < 4.78 is 0. The SMILES string of the molecule is C/C([O-])=C/C(c1ccccc1)[Si](C)(C)c1ccccc1.[Li+]. The Balaban J connectivity index is 0.00000220. The first-order valence-electron chi connectivity index (χ1n) is 6.97. The molecule has 21 heavy (non-hydrogen) atoms. The number of benzene rings is 2. The Labute approximate surface area is 140 Å². The molecule has 0 saturated carbocycles. The van der Waals surface area contributed by atoms with Crippen LogP contribution in [0.4, 0.5) is 0 Å². The summed E-state index contributed by atoms with van der Waals surface area (Å²) in [6.07, 6.45) is 1.90. The maximum Gasteiger partial charge on any atom is 1.00 e. The van der Waals surface area contributed by atoms with Crippen LogP contribution in [-0.4, -0.2) is 8.07 Å². The molecule has 0 bridgehead atoms. The third-order valence-electron chi connectivity index (χ3n) is 3.86. The zero-order chi connectivity index (χ0) is 14.6. The van der Waals surface area contributed by atoms with E-state index < -0.39 is 8.07 Å². The van der Waals surface area contributed by atoms with Crippen LogP contribution in [0.25, 0.3) is 0 Å². The van der Waals surface area contributed by atoms with Crippen molar-refractivity contribution < 1.29 is 24.0 Å². The summed E-state index contributed by atoms with van der Waals surface area (Å²) in [5, 5.41) is 13.1. The molecule has 0 fully saturated rings. The average molecular weight is 288 g/mol. The third kappa shape index (κ3) is 4.38. The van der Waals surface area contributed by atoms with Crippen LogP contribution in [0.15, 0.2) is 72.5 Å². The second-order valence-corrected chi connectivity index (χ2v) is 10.4. The van der Waals surface area contributed by atoms with E-state index in [0.29, 0.717) is 0 Å². The molecule has 0 aliphatic rings. The Morgan fingerprint density at radius 3 is 1.90 bits per heavy atom. The molecule has 0 amide bonds. The predicted octanol–water partition coefficient (Wildman–Crippen LogP) is 0.193. The Hall–Kier alpha value is -1.21. The maximum atomic E-state index is 11.7. The molecule has 1 unspecified atom stereocenters. The van der Waals surface area contributed by atoms with Crippen molar-refractivity contribution in [3.63, 3.8) is 0 Å². The van der Waals surface area contributed by atoms with Gasteiger partial charge in [-0.05, 0) is 5.56 Å². The molecule has 0 heterocycles. The molecule has 0 N–H and O–H groups in total. The van der Waals surface area contributed by atoms with Crippen LogP contribution >= 0.6 is 0 Å². The predicted molar refractivity (Wildman–Crippen MR) is 86.5 cm³/mol. The molecule has 0 aliphatic carbocycles. The largest absolute Gasteiger partial charge is 1.00 e. The smallest absolute Gasteiger partial charge is 0.876 e. The van der Waals surface area contributed by atoms with Crippen molar-refractivity contribution in [1.82, 2.24) is 0 Å². The minimum Gasteiger partial charge on any atom is -0.876 e. The molecular weight excluding hydrogens is 267 g/mol. The standard InChI is InChI=1S/C18H22OSi.Li/c1-15(19)14-18(16-10-6-4-7-11-16)20(2,3)17-12-8-5-9-13-17;/h4-14,18-19H,1-3H3;/q;+1/p-1/b15-14-;. The number of hydrogen-bond donors (Lipinski definition) is 0. The topological polar surface area (TPSA) is 23.1 Å². The van der Waals surface area contributed by atoms with Crippen molar-refractivity contribution in [3.8, 4) is 0 Å². The van der Waals surface area contributed by atoms with Gasteiger partial charge >= 0.3 is 18.9 Å². The Morgan fingerprint density at radius 2 is 1.43 bits per heavy atom. The molecule has 0 saturated heterocycles. The van der Waals surface area contributed by atoms with Crippen molar-refractivity contribution in [1.29, 1.82) is 0 Å². The van der Waals surface area contributed by atoms with Gasteiger partial charge in [0, 0.05) is 5.54 Å². The van der Waals surface area contributed by atoms with Gasteiger partial charge in [0.2, 0.25) is 0 Å². The summed E-state index contributed by atoms with van der Waals surface area (Å²) in [6.45, 7) is 6.31. The second kappa shape index (κ2) is 7.70. The van der Waals surface area contributed by atoms with Gasteiger partial charge in [-0.3, -0.25) is 0 Å². The van der Waals surface area contributed by atoms with Gasteiger partial charge in [-0.25, -0.2) is 0 Å². The van der Waals surface area contributed by atoms with Crippen LogP contribution < -0.4 is 29.2 Å². The van der Waals surface area contributed by atoms with Crippen molar-refractivity contribution >= 4 is 13.3 Å². The molecule has 0 aromatic heterocycles. The van der Waals surface area contributed by atoms with E-state index in [1.165, 1.54) is 10.8 Å². The van der Waals surface area contributed by atoms with Gasteiger partial charge in [-0.2, -0.15) is 0 Å². The zero-order valence-electron chi connectivity index (χ0n) is 13.3. The average Bonchev–Trinajstić information content (AvgIpc) is 2.46. The number of rotatable bonds is 4. The first-order valence-corrected chi connectivity index (χ1v) is 10.1. The van der Waals surface area contributed by atoms with Gasteiger partial charge < -0.3 is 5.11 Å². The number of allylic oxidation sites excluding steroid dienone is 2. The van der Waals surface area contributed by atoms with Crippen molar-refractivity contribution in [2.24, 2.45) is 0 Å². The van der Waals surface area contributed by atoms with Crippen molar-refractivity contribution in [3.05, 3.63) is 78.1 Å². The van der Waals surface area contributed by atoms with E-state index in [0.717, 1.165) is 0 Å². The zero-order valence-corrected chi connectivity index (χ0v) is 14.3. The minimum atomic E-state index is -1.79. The number of hydrogen-bond acceptors (Lipinski definition) is 1. The van der Waals surface area contributed by atoms with E-state index in [9.17, 15) is 5.11 Å². The fraction of sp³-hybridized carbons (Fsp3) is 0.222. The van der Waals surface area contributed by atoms with Gasteiger partial charge in [0.05, 0.1) is 8.07 Å². The molecule has 0 aliphatic heterocycles. The first-order chi connectivity index (χ1) is 9.51. The monoisotopic (exact) mass is 288 g/mol. The van der Waals surface area contributed by atoms with Gasteiger partial charge in [-0.15, -0.1) is 5.76 Å². The van der Waals surface area contributed by atoms with Crippen LogP contribution in [-0.2, 0) is 0 Å². The molecule has 104 valence electrons. The van der Waals surface area contributed by atoms with Crippen LogP contribution in [0.5, 0.6) is 0 Å². The van der Waals surface area contributed by atoms with E-state index in [1.54, 1.807) is 6.92 Å². The molecule has 2 rings (SSSR count). The molecule has 0 spiro atoms. The quantitative estimate of drug-likeness (QED) is 0.582. The van der Waals surface area contributed by atoms with E-state index in [1.807, 2.05) is 30.3 Å². The summed E-state index contributed by atoms with van der Waals surface area (Å²) in [6, 6.07) is 21.0. The molecule has 0 radical (unpaired) electrons. The fourth-order valence-electron chi connectivity index (χ4n) is 2.66. The van der Waals surface area contributed by atoms with Crippen LogP contribution in [0.1, 0.15) is 18.0 Å². The Morgan fingerprint density at radius 1 is 0.952 bits per heavy atom. The molecule has 1 atom stereocenters. The summed E-state index contributed by atoms with van der Waals surface area (Å²) in [4.78, 5) is 0. The van der Waals surface area contributed by atoms with Gasteiger partial charge in [0.25, 0.3) is 0 Å². The van der Waals surface area contributed by atoms with Gasteiger partial charge in [-0.1, -0.05) is 91.9 Å². The molecule has 2 aromatic rings. The van der Waals surface area contributed by atoms with Crippen molar-refractivity contribution in [2.75, 3.05) is 0 Å². The Kier molecular flexibility index (Phi) is 6.55. The summed E-state index contributed by atoms with van der Waals surface area (Å²) in [5.41, 5.74) is 1.45. The second-order valence-electron chi connectivity index (χ2n) is 5.75. The molecular formula is C18H21LiOSi. The van der Waals surface area contributed by atoms with Crippen LogP contribution in [0, 0.1) is 0 Å². The third-order valence-corrected chi connectivity index (χ3v) is 7.73. The minimum absolute atomic E-state index is 0. The van der Waals surface area contributed by atoms with E-state index in [-0.39, 0.29) is 30.2 Å². The van der Waals surface area contributed by atoms with Crippen LogP contribution in [0.3, 0.4) is 0 Å². The molecule has 1 nitrogen and oxygen atoms in total. The summed E-state index contributed by atoms with van der Waals surface area (Å²) in [7, 11) is -1.79. The van der Waals surface area contributed by atoms with Gasteiger partial charge in [0.1, 0.15) is 0 Å². The van der Waals surface area contributed by atoms with Gasteiger partial charge in [0.15, 0.2) is 0 Å².